The maximum Gasteiger partial charge on any atom is 0.113 e. The summed E-state index contributed by atoms with van der Waals surface area (Å²) in [5, 5.41) is 6.56. The summed E-state index contributed by atoms with van der Waals surface area (Å²) in [6.45, 7) is 0. The predicted molar refractivity (Wildman–Crippen MR) is 192 cm³/mol. The average molecular weight is 552 g/mol. The molecule has 5 heteroatoms. The molecule has 0 bridgehead atoms. The van der Waals surface area contributed by atoms with Crippen molar-refractivity contribution in [1.82, 2.24) is 0 Å². The lowest BCUT2D eigenvalue weighted by Crippen LogP contribution is -2.44. The maximum atomic E-state index is 7.03. The summed E-state index contributed by atoms with van der Waals surface area (Å²) in [7, 11) is 28.0. The van der Waals surface area contributed by atoms with E-state index in [0.29, 0.717) is 33.0 Å². The lowest BCUT2D eigenvalue weighted by molar-refractivity contribution is 1.67. The largest absolute Gasteiger partial charge is 0.135 e. The SMILES string of the molecule is [B]c1c([B])c(-c2cccc3sc4ccccc4c23)c([B])c([B])c1-c1c2ccccc2c(-c2ccccc2)c2ccccc12. The molecule has 1 aromatic heterocycles. The van der Waals surface area contributed by atoms with Crippen LogP contribution in [0.1, 0.15) is 0 Å². The fourth-order valence-electron chi connectivity index (χ4n) is 6.68. The molecule has 0 fully saturated rings. The van der Waals surface area contributed by atoms with E-state index in [-0.39, 0.29) is 0 Å². The average Bonchev–Trinajstić information content (AvgIpc) is 3.43. The molecule has 0 saturated carbocycles. The molecule has 0 saturated heterocycles. The molecule has 1 heterocycles. The van der Waals surface area contributed by atoms with Crippen molar-refractivity contribution in [1.29, 1.82) is 0 Å². The second-order valence-corrected chi connectivity index (χ2v) is 12.0. The quantitative estimate of drug-likeness (QED) is 0.173. The molecular formula is C38H20B4S. The molecule has 43 heavy (non-hydrogen) atoms. The Balaban J connectivity index is 1.48. The number of hydrogen-bond acceptors (Lipinski definition) is 1. The van der Waals surface area contributed by atoms with Crippen LogP contribution in [0.3, 0.4) is 0 Å². The van der Waals surface area contributed by atoms with E-state index in [0.717, 1.165) is 53.7 Å². The molecule has 0 aliphatic rings. The highest BCUT2D eigenvalue weighted by atomic mass is 32.1. The van der Waals surface area contributed by atoms with E-state index < -0.39 is 0 Å². The number of rotatable bonds is 3. The van der Waals surface area contributed by atoms with Gasteiger partial charge in [0, 0.05) is 20.2 Å². The van der Waals surface area contributed by atoms with Gasteiger partial charge in [-0.1, -0.05) is 131 Å². The Hall–Kier alpha value is -4.46. The smallest absolute Gasteiger partial charge is 0.113 e. The summed E-state index contributed by atoms with van der Waals surface area (Å²) < 4.78 is 2.36. The van der Waals surface area contributed by atoms with E-state index in [4.69, 9.17) is 31.4 Å². The normalized spacial score (nSPS) is 11.6. The van der Waals surface area contributed by atoms with Crippen LogP contribution in [0.2, 0.25) is 0 Å². The van der Waals surface area contributed by atoms with Gasteiger partial charge in [0.2, 0.25) is 0 Å². The molecule has 8 aromatic rings. The minimum atomic E-state index is 0.431. The molecule has 7 aromatic carbocycles. The van der Waals surface area contributed by atoms with Crippen LogP contribution < -0.4 is 21.9 Å². The zero-order valence-corrected chi connectivity index (χ0v) is 24.1. The first-order valence-corrected chi connectivity index (χ1v) is 15.0. The molecule has 0 aliphatic carbocycles. The summed E-state index contributed by atoms with van der Waals surface area (Å²) in [4.78, 5) is 0. The summed E-state index contributed by atoms with van der Waals surface area (Å²) in [5.41, 5.74) is 7.27. The Morgan fingerprint density at radius 2 is 0.814 bits per heavy atom. The monoisotopic (exact) mass is 552 g/mol. The maximum absolute atomic E-state index is 7.03. The van der Waals surface area contributed by atoms with Crippen molar-refractivity contribution in [2.24, 2.45) is 0 Å². The minimum Gasteiger partial charge on any atom is -0.135 e. The van der Waals surface area contributed by atoms with Crippen LogP contribution in [0.25, 0.3) is 75.1 Å². The van der Waals surface area contributed by atoms with Crippen molar-refractivity contribution in [3.05, 3.63) is 121 Å². The fourth-order valence-corrected chi connectivity index (χ4v) is 7.82. The third kappa shape index (κ3) is 3.88. The van der Waals surface area contributed by atoms with E-state index in [9.17, 15) is 0 Å². The van der Waals surface area contributed by atoms with Crippen LogP contribution >= 0.6 is 11.3 Å². The molecule has 8 rings (SSSR count). The lowest BCUT2D eigenvalue weighted by Gasteiger charge is -2.26. The number of benzene rings is 7. The molecule has 0 aliphatic heterocycles. The van der Waals surface area contributed by atoms with E-state index in [1.165, 1.54) is 10.3 Å². The lowest BCUT2D eigenvalue weighted by atomic mass is 9.61. The standard InChI is InChI=1S/C38H20B4S/c39-35-33(27-18-10-20-29-31(27)26-17-8-9-19-28(26)43-29)36(40)38(42)34(37(35)41)32-24-15-6-4-13-22(24)30(21-11-2-1-3-12-21)23-14-5-7-16-25(23)32/h1-20H. The Morgan fingerprint density at radius 1 is 0.349 bits per heavy atom. The highest BCUT2D eigenvalue weighted by Gasteiger charge is 2.23. The Labute approximate surface area is 260 Å². The summed E-state index contributed by atoms with van der Waals surface area (Å²) in [5.74, 6) is 0. The van der Waals surface area contributed by atoms with Gasteiger partial charge in [-0.25, -0.2) is 0 Å². The molecule has 0 N–H and O–H groups in total. The van der Waals surface area contributed by atoms with Gasteiger partial charge in [0.15, 0.2) is 0 Å². The highest BCUT2D eigenvalue weighted by Crippen LogP contribution is 2.43. The zero-order valence-electron chi connectivity index (χ0n) is 23.3. The van der Waals surface area contributed by atoms with Gasteiger partial charge in [-0.2, -0.15) is 0 Å². The van der Waals surface area contributed by atoms with Gasteiger partial charge in [-0.3, -0.25) is 0 Å². The predicted octanol–water partition coefficient (Wildman–Crippen LogP) is 6.54. The molecule has 8 radical (unpaired) electrons. The van der Waals surface area contributed by atoms with E-state index in [2.05, 4.69) is 97.1 Å². The van der Waals surface area contributed by atoms with E-state index in [1.807, 2.05) is 24.3 Å². The molecule has 190 valence electrons. The van der Waals surface area contributed by atoms with Crippen LogP contribution in [-0.2, 0) is 0 Å². The number of hydrogen-bond donors (Lipinski definition) is 0. The first-order valence-electron chi connectivity index (χ1n) is 14.2. The zero-order chi connectivity index (χ0) is 29.2. The molecule has 0 spiro atoms. The summed E-state index contributed by atoms with van der Waals surface area (Å²) in [6.07, 6.45) is 0. The van der Waals surface area contributed by atoms with Crippen LogP contribution in [0.15, 0.2) is 121 Å². The van der Waals surface area contributed by atoms with Gasteiger partial charge in [-0.05, 0) is 67.1 Å². The van der Waals surface area contributed by atoms with Crippen molar-refractivity contribution < 1.29 is 0 Å². The first-order chi connectivity index (χ1) is 21.0. The highest BCUT2D eigenvalue weighted by molar-refractivity contribution is 7.26. The van der Waals surface area contributed by atoms with Crippen LogP contribution in [0.5, 0.6) is 0 Å². The Kier molecular flexibility index (Phi) is 6.13. The second-order valence-electron chi connectivity index (χ2n) is 10.9. The summed E-state index contributed by atoms with van der Waals surface area (Å²) >= 11 is 1.75. The third-order valence-corrected chi connectivity index (χ3v) is 9.71. The number of thiophene rings is 1. The van der Waals surface area contributed by atoms with Crippen LogP contribution in [0.4, 0.5) is 0 Å². The molecule has 0 unspecified atom stereocenters. The van der Waals surface area contributed by atoms with E-state index in [1.54, 1.807) is 11.3 Å². The van der Waals surface area contributed by atoms with Gasteiger partial charge in [-0.15, -0.1) is 11.3 Å². The van der Waals surface area contributed by atoms with Crippen molar-refractivity contribution >= 4 is 106 Å². The van der Waals surface area contributed by atoms with Gasteiger partial charge >= 0.3 is 0 Å². The van der Waals surface area contributed by atoms with Crippen molar-refractivity contribution in [3.8, 4) is 33.4 Å². The fraction of sp³-hybridized carbons (Fsp3) is 0. The van der Waals surface area contributed by atoms with Crippen molar-refractivity contribution in [2.75, 3.05) is 0 Å². The van der Waals surface area contributed by atoms with Gasteiger partial charge in [0.25, 0.3) is 0 Å². The second kappa shape index (κ2) is 10.1. The van der Waals surface area contributed by atoms with E-state index >= 15 is 0 Å². The molecule has 0 atom stereocenters. The van der Waals surface area contributed by atoms with Gasteiger partial charge in [0.05, 0.1) is 0 Å². The summed E-state index contributed by atoms with van der Waals surface area (Å²) in [6, 6.07) is 41.9. The Bertz CT molecular complexity index is 2300. The number of fused-ring (bicyclic) bond motifs is 5. The molecule has 0 nitrogen and oxygen atoms in total. The van der Waals surface area contributed by atoms with Crippen LogP contribution in [0, 0.1) is 0 Å². The van der Waals surface area contributed by atoms with Gasteiger partial charge < -0.3 is 0 Å². The minimum absolute atomic E-state index is 0.431. The van der Waals surface area contributed by atoms with Gasteiger partial charge in [0.1, 0.15) is 31.4 Å². The van der Waals surface area contributed by atoms with Crippen molar-refractivity contribution in [3.63, 3.8) is 0 Å². The topological polar surface area (TPSA) is 0 Å². The van der Waals surface area contributed by atoms with Crippen LogP contribution in [-0.4, -0.2) is 31.4 Å². The van der Waals surface area contributed by atoms with Crippen molar-refractivity contribution in [2.45, 2.75) is 0 Å². The third-order valence-electron chi connectivity index (χ3n) is 8.57. The Morgan fingerprint density at radius 3 is 1.42 bits per heavy atom. The molecule has 0 amide bonds. The molecular weight excluding hydrogens is 532 g/mol. The first kappa shape index (κ1) is 26.2.